The number of ketones is 2. The van der Waals surface area contributed by atoms with Crippen molar-refractivity contribution in [2.75, 3.05) is 7.11 Å². The van der Waals surface area contributed by atoms with Crippen LogP contribution < -0.4 is 4.74 Å². The summed E-state index contributed by atoms with van der Waals surface area (Å²) in [6, 6.07) is 25.2. The van der Waals surface area contributed by atoms with E-state index < -0.39 is 0 Å². The Kier molecular flexibility index (Phi) is 5.31. The van der Waals surface area contributed by atoms with Crippen LogP contribution in [0.2, 0.25) is 0 Å². The van der Waals surface area contributed by atoms with Crippen molar-refractivity contribution in [3.8, 4) is 17.0 Å². The van der Waals surface area contributed by atoms with Gasteiger partial charge in [-0.1, -0.05) is 60.7 Å². The number of rotatable bonds is 6. The molecule has 0 spiro atoms. The molecule has 1 heterocycles. The van der Waals surface area contributed by atoms with Gasteiger partial charge >= 0.3 is 0 Å². The molecule has 0 aliphatic carbocycles. The summed E-state index contributed by atoms with van der Waals surface area (Å²) < 4.78 is 9.71. The Morgan fingerprint density at radius 2 is 1.31 bits per heavy atom. The van der Waals surface area contributed by atoms with Crippen molar-refractivity contribution in [1.82, 2.24) is 4.37 Å². The SMILES string of the molecule is COc1ccc(-c2nsc(C(=O)c3ccccc3)c2C(=O)c2ccccc2)cc1. The van der Waals surface area contributed by atoms with Crippen LogP contribution in [0, 0.1) is 0 Å². The molecule has 0 atom stereocenters. The van der Waals surface area contributed by atoms with E-state index in [4.69, 9.17) is 4.74 Å². The van der Waals surface area contributed by atoms with Crippen LogP contribution in [0.5, 0.6) is 5.75 Å². The summed E-state index contributed by atoms with van der Waals surface area (Å²) in [5.41, 5.74) is 2.64. The van der Waals surface area contributed by atoms with Crippen LogP contribution >= 0.6 is 11.5 Å². The smallest absolute Gasteiger partial charge is 0.205 e. The lowest BCUT2D eigenvalue weighted by Gasteiger charge is -2.07. The molecule has 0 radical (unpaired) electrons. The summed E-state index contributed by atoms with van der Waals surface area (Å²) in [6.45, 7) is 0. The summed E-state index contributed by atoms with van der Waals surface area (Å²) in [7, 11) is 1.60. The Balaban J connectivity index is 1.87. The number of methoxy groups -OCH3 is 1. The predicted molar refractivity (Wildman–Crippen MR) is 114 cm³/mol. The summed E-state index contributed by atoms with van der Waals surface area (Å²) in [6.07, 6.45) is 0. The second-order valence-electron chi connectivity index (χ2n) is 6.35. The second-order valence-corrected chi connectivity index (χ2v) is 7.13. The maximum atomic E-state index is 13.4. The van der Waals surface area contributed by atoms with Crippen LogP contribution in [0.15, 0.2) is 84.9 Å². The quantitative estimate of drug-likeness (QED) is 0.414. The molecule has 0 saturated heterocycles. The minimum Gasteiger partial charge on any atom is -0.497 e. The van der Waals surface area contributed by atoms with E-state index >= 15 is 0 Å². The van der Waals surface area contributed by atoms with E-state index in [2.05, 4.69) is 4.37 Å². The van der Waals surface area contributed by atoms with Gasteiger partial charge in [-0.05, 0) is 35.8 Å². The van der Waals surface area contributed by atoms with Crippen LogP contribution in [0.1, 0.15) is 31.2 Å². The normalized spacial score (nSPS) is 10.5. The van der Waals surface area contributed by atoms with Crippen molar-refractivity contribution < 1.29 is 14.3 Å². The Bertz CT molecular complexity index is 1150. The monoisotopic (exact) mass is 399 g/mol. The van der Waals surface area contributed by atoms with Crippen molar-refractivity contribution in [2.24, 2.45) is 0 Å². The van der Waals surface area contributed by atoms with Gasteiger partial charge in [-0.15, -0.1) is 0 Å². The Morgan fingerprint density at radius 3 is 1.86 bits per heavy atom. The molecule has 0 aliphatic rings. The Morgan fingerprint density at radius 1 is 0.759 bits per heavy atom. The van der Waals surface area contributed by atoms with Gasteiger partial charge in [-0.3, -0.25) is 9.59 Å². The number of carbonyl (C=O) groups is 2. The summed E-state index contributed by atoms with van der Waals surface area (Å²) in [4.78, 5) is 26.9. The van der Waals surface area contributed by atoms with Crippen LogP contribution in [-0.4, -0.2) is 23.0 Å². The van der Waals surface area contributed by atoms with Crippen LogP contribution in [0.4, 0.5) is 0 Å². The van der Waals surface area contributed by atoms with Crippen molar-refractivity contribution in [2.45, 2.75) is 0 Å². The lowest BCUT2D eigenvalue weighted by atomic mass is 9.95. The minimum atomic E-state index is -0.218. The lowest BCUT2D eigenvalue weighted by molar-refractivity contribution is 0.101. The van der Waals surface area contributed by atoms with Gasteiger partial charge < -0.3 is 4.74 Å². The van der Waals surface area contributed by atoms with E-state index in [1.54, 1.807) is 55.6 Å². The van der Waals surface area contributed by atoms with Gasteiger partial charge in [0, 0.05) is 16.7 Å². The zero-order valence-electron chi connectivity index (χ0n) is 15.7. The molecule has 0 saturated carbocycles. The largest absolute Gasteiger partial charge is 0.497 e. The van der Waals surface area contributed by atoms with E-state index in [0.717, 1.165) is 17.1 Å². The highest BCUT2D eigenvalue weighted by molar-refractivity contribution is 7.09. The van der Waals surface area contributed by atoms with Gasteiger partial charge in [0.25, 0.3) is 0 Å². The third-order valence-electron chi connectivity index (χ3n) is 4.56. The number of aromatic nitrogens is 1. The Hall–Kier alpha value is -3.57. The molecule has 4 nitrogen and oxygen atoms in total. The molecule has 0 N–H and O–H groups in total. The van der Waals surface area contributed by atoms with Gasteiger partial charge in [-0.2, -0.15) is 4.37 Å². The van der Waals surface area contributed by atoms with Gasteiger partial charge in [0.15, 0.2) is 5.78 Å². The third-order valence-corrected chi connectivity index (χ3v) is 5.41. The average molecular weight is 399 g/mol. The molecule has 142 valence electrons. The minimum absolute atomic E-state index is 0.206. The molecule has 0 unspecified atom stereocenters. The van der Waals surface area contributed by atoms with Gasteiger partial charge in [0.1, 0.15) is 10.6 Å². The average Bonchev–Trinajstić information content (AvgIpc) is 3.24. The molecule has 4 rings (SSSR count). The summed E-state index contributed by atoms with van der Waals surface area (Å²) in [5, 5.41) is 0. The molecule has 4 aromatic rings. The lowest BCUT2D eigenvalue weighted by Crippen LogP contribution is -2.09. The first-order valence-corrected chi connectivity index (χ1v) is 9.80. The number of benzene rings is 3. The van der Waals surface area contributed by atoms with Crippen LogP contribution in [0.25, 0.3) is 11.3 Å². The first kappa shape index (κ1) is 18.8. The first-order chi connectivity index (χ1) is 14.2. The fourth-order valence-electron chi connectivity index (χ4n) is 3.06. The van der Waals surface area contributed by atoms with E-state index in [1.165, 1.54) is 0 Å². The number of ether oxygens (including phenoxy) is 1. The van der Waals surface area contributed by atoms with E-state index in [9.17, 15) is 9.59 Å². The molecular weight excluding hydrogens is 382 g/mol. The fraction of sp³-hybridized carbons (Fsp3) is 0.0417. The molecule has 0 aliphatic heterocycles. The molecule has 0 bridgehead atoms. The van der Waals surface area contributed by atoms with E-state index in [0.29, 0.717) is 33.0 Å². The molecule has 0 amide bonds. The Labute approximate surface area is 172 Å². The van der Waals surface area contributed by atoms with Gasteiger partial charge in [0.2, 0.25) is 5.78 Å². The molecule has 0 fully saturated rings. The number of hydrogen-bond acceptors (Lipinski definition) is 5. The van der Waals surface area contributed by atoms with Crippen LogP contribution in [-0.2, 0) is 0 Å². The third kappa shape index (κ3) is 3.73. The fourth-order valence-corrected chi connectivity index (χ4v) is 3.92. The highest BCUT2D eigenvalue weighted by atomic mass is 32.1. The van der Waals surface area contributed by atoms with Gasteiger partial charge in [0.05, 0.1) is 18.4 Å². The van der Waals surface area contributed by atoms with Gasteiger partial charge in [-0.25, -0.2) is 0 Å². The molecule has 5 heteroatoms. The number of nitrogens with zero attached hydrogens (tertiary/aromatic N) is 1. The van der Waals surface area contributed by atoms with Crippen molar-refractivity contribution in [1.29, 1.82) is 0 Å². The first-order valence-electron chi connectivity index (χ1n) is 9.02. The number of hydrogen-bond donors (Lipinski definition) is 0. The maximum Gasteiger partial charge on any atom is 0.205 e. The molecule has 29 heavy (non-hydrogen) atoms. The van der Waals surface area contributed by atoms with Crippen LogP contribution in [0.3, 0.4) is 0 Å². The predicted octanol–water partition coefficient (Wildman–Crippen LogP) is 5.28. The molecule has 3 aromatic carbocycles. The zero-order valence-corrected chi connectivity index (χ0v) is 16.5. The highest BCUT2D eigenvalue weighted by Gasteiger charge is 2.27. The topological polar surface area (TPSA) is 56.3 Å². The highest BCUT2D eigenvalue weighted by Crippen LogP contribution is 2.33. The van der Waals surface area contributed by atoms with Crippen molar-refractivity contribution in [3.05, 3.63) is 106 Å². The standard InChI is InChI=1S/C24H17NO3S/c1-28-19-14-12-16(13-15-19)21-20(22(26)17-8-4-2-5-9-17)24(29-25-21)23(27)18-10-6-3-7-11-18/h2-15H,1H3. The van der Waals surface area contributed by atoms with Crippen molar-refractivity contribution in [3.63, 3.8) is 0 Å². The number of carbonyl (C=O) groups excluding carboxylic acids is 2. The van der Waals surface area contributed by atoms with E-state index in [-0.39, 0.29) is 11.6 Å². The van der Waals surface area contributed by atoms with Crippen molar-refractivity contribution >= 4 is 23.1 Å². The molecular formula is C24H17NO3S. The maximum absolute atomic E-state index is 13.4. The summed E-state index contributed by atoms with van der Waals surface area (Å²) in [5.74, 6) is 0.284. The van der Waals surface area contributed by atoms with E-state index in [1.807, 2.05) is 36.4 Å². The zero-order chi connectivity index (χ0) is 20.2. The molecule has 1 aromatic heterocycles. The second kappa shape index (κ2) is 8.20. The summed E-state index contributed by atoms with van der Waals surface area (Å²) >= 11 is 1.06.